The predicted octanol–water partition coefficient (Wildman–Crippen LogP) is 4.77. The molecular formula is C28H24FIN4O4. The van der Waals surface area contributed by atoms with E-state index < -0.39 is 29.8 Å². The Morgan fingerprint density at radius 2 is 1.84 bits per heavy atom. The van der Waals surface area contributed by atoms with Gasteiger partial charge in [0.15, 0.2) is 0 Å². The molecule has 1 aromatic heterocycles. The van der Waals surface area contributed by atoms with Crippen molar-refractivity contribution in [2.45, 2.75) is 18.5 Å². The lowest BCUT2D eigenvalue weighted by atomic mass is 10.0. The highest BCUT2D eigenvalue weighted by molar-refractivity contribution is 14.1. The van der Waals surface area contributed by atoms with E-state index in [9.17, 15) is 14.0 Å². The van der Waals surface area contributed by atoms with E-state index >= 15 is 0 Å². The number of amides is 3. The minimum absolute atomic E-state index is 0.110. The van der Waals surface area contributed by atoms with Crippen LogP contribution in [0.15, 0.2) is 79.0 Å². The first-order valence-corrected chi connectivity index (χ1v) is 13.0. The summed E-state index contributed by atoms with van der Waals surface area (Å²) in [5.41, 5.74) is 2.31. The molecule has 2 atom stereocenters. The Bertz CT molecular complexity index is 1450. The molecular weight excluding hydrogens is 602 g/mol. The number of hydrogen-bond acceptors (Lipinski definition) is 5. The molecule has 8 nitrogen and oxygen atoms in total. The first kappa shape index (κ1) is 25.9. The van der Waals surface area contributed by atoms with Crippen LogP contribution < -0.4 is 10.1 Å². The third-order valence-electron chi connectivity index (χ3n) is 6.26. The number of rotatable bonds is 9. The number of aliphatic hydroxyl groups is 1. The van der Waals surface area contributed by atoms with Crippen molar-refractivity contribution >= 4 is 34.5 Å². The Hall–Kier alpha value is -3.77. The van der Waals surface area contributed by atoms with Crippen molar-refractivity contribution in [1.82, 2.24) is 20.2 Å². The average molecular weight is 626 g/mol. The van der Waals surface area contributed by atoms with Gasteiger partial charge in [-0.25, -0.2) is 14.2 Å². The van der Waals surface area contributed by atoms with Crippen LogP contribution in [-0.2, 0) is 11.2 Å². The van der Waals surface area contributed by atoms with Crippen molar-refractivity contribution in [2.75, 3.05) is 13.2 Å². The fraction of sp³-hybridized carbons (Fsp3) is 0.179. The van der Waals surface area contributed by atoms with E-state index in [1.54, 1.807) is 36.4 Å². The molecule has 194 valence electrons. The lowest BCUT2D eigenvalue weighted by Crippen LogP contribution is -2.36. The number of carbonyl (C=O) groups excluding carboxylic acids is 2. The molecule has 1 aliphatic rings. The molecule has 3 aromatic carbocycles. The van der Waals surface area contributed by atoms with Gasteiger partial charge in [-0.3, -0.25) is 9.69 Å². The molecule has 0 spiro atoms. The van der Waals surface area contributed by atoms with E-state index in [2.05, 4.69) is 15.3 Å². The van der Waals surface area contributed by atoms with Crippen LogP contribution in [0.4, 0.5) is 9.18 Å². The number of nitrogens with zero attached hydrogens (tertiary/aromatic N) is 2. The second kappa shape index (κ2) is 11.3. The Kier molecular flexibility index (Phi) is 7.70. The minimum atomic E-state index is -0.879. The van der Waals surface area contributed by atoms with E-state index in [4.69, 9.17) is 9.84 Å². The maximum atomic E-state index is 14.7. The maximum absolute atomic E-state index is 14.7. The zero-order valence-electron chi connectivity index (χ0n) is 20.1. The molecule has 1 aliphatic heterocycles. The van der Waals surface area contributed by atoms with Crippen LogP contribution in [0.1, 0.15) is 29.0 Å². The molecule has 10 heteroatoms. The van der Waals surface area contributed by atoms with E-state index in [-0.39, 0.29) is 13.2 Å². The molecule has 1 saturated heterocycles. The molecule has 0 bridgehead atoms. The molecule has 0 saturated carbocycles. The molecule has 0 radical (unpaired) electrons. The number of nitrogens with one attached hydrogen (secondary N) is 2. The molecule has 2 heterocycles. The number of benzene rings is 3. The summed E-state index contributed by atoms with van der Waals surface area (Å²) in [4.78, 5) is 35.6. The van der Waals surface area contributed by atoms with Crippen LogP contribution in [0.3, 0.4) is 0 Å². The number of carbonyl (C=O) groups is 2. The second-order valence-corrected chi connectivity index (χ2v) is 9.99. The fourth-order valence-corrected chi connectivity index (χ4v) is 4.89. The van der Waals surface area contributed by atoms with Gasteiger partial charge in [0, 0.05) is 15.6 Å². The van der Waals surface area contributed by atoms with Gasteiger partial charge in [0.1, 0.15) is 36.1 Å². The van der Waals surface area contributed by atoms with E-state index in [0.717, 1.165) is 9.13 Å². The molecule has 3 N–H and O–H groups in total. The van der Waals surface area contributed by atoms with Gasteiger partial charge in [-0.2, -0.15) is 0 Å². The number of H-pyrrole nitrogens is 1. The van der Waals surface area contributed by atoms with Gasteiger partial charge in [-0.15, -0.1) is 0 Å². The van der Waals surface area contributed by atoms with Crippen molar-refractivity contribution in [3.05, 3.63) is 105 Å². The highest BCUT2D eigenvalue weighted by Gasteiger charge is 2.44. The highest BCUT2D eigenvalue weighted by atomic mass is 127. The van der Waals surface area contributed by atoms with Crippen molar-refractivity contribution in [3.8, 4) is 17.0 Å². The number of halogens is 2. The lowest BCUT2D eigenvalue weighted by Gasteiger charge is -2.24. The predicted molar refractivity (Wildman–Crippen MR) is 147 cm³/mol. The van der Waals surface area contributed by atoms with Crippen LogP contribution in [0.2, 0.25) is 0 Å². The van der Waals surface area contributed by atoms with Crippen molar-refractivity contribution < 1.29 is 23.8 Å². The third-order valence-corrected chi connectivity index (χ3v) is 6.93. The van der Waals surface area contributed by atoms with Gasteiger partial charge in [0.2, 0.25) is 0 Å². The third kappa shape index (κ3) is 5.41. The zero-order chi connectivity index (χ0) is 26.6. The minimum Gasteiger partial charge on any atom is -0.491 e. The van der Waals surface area contributed by atoms with Crippen LogP contribution in [0.5, 0.6) is 5.75 Å². The van der Waals surface area contributed by atoms with Gasteiger partial charge >= 0.3 is 6.03 Å². The topological polar surface area (TPSA) is 108 Å². The number of ether oxygens (including phenoxy) is 1. The number of imide groups is 1. The van der Waals surface area contributed by atoms with Crippen molar-refractivity contribution in [3.63, 3.8) is 0 Å². The van der Waals surface area contributed by atoms with Gasteiger partial charge in [0.05, 0.1) is 18.5 Å². The zero-order valence-corrected chi connectivity index (χ0v) is 22.3. The maximum Gasteiger partial charge on any atom is 0.325 e. The van der Waals surface area contributed by atoms with Crippen LogP contribution in [0.25, 0.3) is 11.3 Å². The van der Waals surface area contributed by atoms with Crippen molar-refractivity contribution in [2.24, 2.45) is 0 Å². The molecule has 38 heavy (non-hydrogen) atoms. The quantitative estimate of drug-likeness (QED) is 0.183. The molecule has 0 aliphatic carbocycles. The van der Waals surface area contributed by atoms with Crippen LogP contribution in [-0.4, -0.2) is 45.1 Å². The normalized spacial score (nSPS) is 16.0. The highest BCUT2D eigenvalue weighted by Crippen LogP contribution is 2.33. The molecule has 4 aromatic rings. The monoisotopic (exact) mass is 626 g/mol. The Labute approximate surface area is 232 Å². The van der Waals surface area contributed by atoms with Gasteiger partial charge in [-0.05, 0) is 64.0 Å². The van der Waals surface area contributed by atoms with E-state index in [0.29, 0.717) is 34.8 Å². The number of urea groups is 1. The number of aliphatic hydroxyl groups excluding tert-OH is 1. The summed E-state index contributed by atoms with van der Waals surface area (Å²) < 4.78 is 20.8. The van der Waals surface area contributed by atoms with Crippen LogP contribution >= 0.6 is 22.6 Å². The molecule has 3 amide bonds. The fourth-order valence-electron chi connectivity index (χ4n) is 4.43. The number of aromatic amines is 1. The summed E-state index contributed by atoms with van der Waals surface area (Å²) in [6.07, 6.45) is 1.84. The van der Waals surface area contributed by atoms with E-state index in [1.165, 1.54) is 17.2 Å². The Morgan fingerprint density at radius 3 is 2.55 bits per heavy atom. The lowest BCUT2D eigenvalue weighted by molar-refractivity contribution is -0.129. The SMILES string of the molecule is O=C1NC(c2ccc(OCCO)cc2)C(=O)N1[C@H](Cc1ccccc1)c1ncc(-c2ccc(I)cc2F)[nH]1. The number of imidazole rings is 1. The Morgan fingerprint density at radius 1 is 1.08 bits per heavy atom. The first-order valence-electron chi connectivity index (χ1n) is 12.0. The van der Waals surface area contributed by atoms with Gasteiger partial charge in [0.25, 0.3) is 5.91 Å². The standard InChI is InChI=1S/C28H24FIN4O4/c29-22-15-19(30)8-11-21(22)23-16-31-26(32-23)24(14-17-4-2-1-3-5-17)34-27(36)25(33-28(34)37)18-6-9-20(10-7-18)38-13-12-35/h1-11,15-16,24-25,35H,12-14H2,(H,31,32)(H,33,37)/t24-,25?/m1/s1. The van der Waals surface area contributed by atoms with Crippen molar-refractivity contribution in [1.29, 1.82) is 0 Å². The Balaban J connectivity index is 1.46. The smallest absolute Gasteiger partial charge is 0.325 e. The summed E-state index contributed by atoms with van der Waals surface area (Å²) >= 11 is 2.04. The molecule has 1 fully saturated rings. The molecule has 5 rings (SSSR count). The van der Waals surface area contributed by atoms with Gasteiger partial charge < -0.3 is 20.1 Å². The summed E-state index contributed by atoms with van der Waals surface area (Å²) in [6, 6.07) is 19.0. The first-order chi connectivity index (χ1) is 18.4. The summed E-state index contributed by atoms with van der Waals surface area (Å²) in [5.74, 6) is 0.106. The largest absolute Gasteiger partial charge is 0.491 e. The number of aromatic nitrogens is 2. The summed E-state index contributed by atoms with van der Waals surface area (Å²) in [6.45, 7) is 0.0476. The number of hydrogen-bond donors (Lipinski definition) is 3. The summed E-state index contributed by atoms with van der Waals surface area (Å²) in [5, 5.41) is 11.7. The summed E-state index contributed by atoms with van der Waals surface area (Å²) in [7, 11) is 0. The van der Waals surface area contributed by atoms with E-state index in [1.807, 2.05) is 52.9 Å². The average Bonchev–Trinajstić information content (AvgIpc) is 3.51. The second-order valence-electron chi connectivity index (χ2n) is 8.74. The van der Waals surface area contributed by atoms with Gasteiger partial charge in [-0.1, -0.05) is 42.5 Å². The van der Waals surface area contributed by atoms with Crippen LogP contribution in [0, 0.1) is 9.39 Å². The molecule has 1 unspecified atom stereocenters.